The highest BCUT2D eigenvalue weighted by Crippen LogP contribution is 1.97. The molecule has 1 atom stereocenters. The van der Waals surface area contributed by atoms with Gasteiger partial charge in [-0.2, -0.15) is 0 Å². The monoisotopic (exact) mass is 129 g/mol. The number of nitroso groups, excluding NO2 is 1. The van der Waals surface area contributed by atoms with Crippen LogP contribution in [0.4, 0.5) is 0 Å². The Kier molecular flexibility index (Phi) is 3.43. The first kappa shape index (κ1) is 7.94. The van der Waals surface area contributed by atoms with Crippen LogP contribution in [0.2, 0.25) is 0 Å². The zero-order chi connectivity index (χ0) is 7.28. The number of amides is 1. The number of aldehydes is 1. The molecule has 0 saturated heterocycles. The van der Waals surface area contributed by atoms with E-state index in [2.05, 4.69) is 5.18 Å². The van der Waals surface area contributed by atoms with E-state index in [1.165, 1.54) is 0 Å². The first-order valence-electron chi connectivity index (χ1n) is 2.52. The Bertz CT molecular complexity index is 132. The van der Waals surface area contributed by atoms with E-state index >= 15 is 0 Å². The Morgan fingerprint density at radius 2 is 2.33 bits per heavy atom. The van der Waals surface area contributed by atoms with E-state index in [9.17, 15) is 14.5 Å². The Morgan fingerprint density at radius 1 is 1.78 bits per heavy atom. The molecule has 50 valence electrons. The van der Waals surface area contributed by atoms with Gasteiger partial charge < -0.3 is 4.79 Å². The maximum Gasteiger partial charge on any atom is 0.287 e. The summed E-state index contributed by atoms with van der Waals surface area (Å²) in [5.74, 6) is -1.16. The molecular formula is C5H7NO3. The van der Waals surface area contributed by atoms with Gasteiger partial charge in [0.25, 0.3) is 5.91 Å². The Hall–Kier alpha value is -1.06. The maximum absolute atomic E-state index is 10.1. The van der Waals surface area contributed by atoms with Gasteiger partial charge in [-0.3, -0.25) is 4.79 Å². The first-order valence-corrected chi connectivity index (χ1v) is 2.52. The van der Waals surface area contributed by atoms with Gasteiger partial charge >= 0.3 is 0 Å². The van der Waals surface area contributed by atoms with Crippen LogP contribution in [0.15, 0.2) is 5.18 Å². The fourth-order valence-electron chi connectivity index (χ4n) is 0.361. The van der Waals surface area contributed by atoms with Gasteiger partial charge in [-0.1, -0.05) is 6.92 Å². The third kappa shape index (κ3) is 3.52. The minimum atomic E-state index is -0.769. The number of hydrogen-bond acceptors (Lipinski definition) is 3. The van der Waals surface area contributed by atoms with Crippen LogP contribution < -0.4 is 0 Å². The summed E-state index contributed by atoms with van der Waals surface area (Å²) in [6, 6.07) is 0. The number of nitrogens with zero attached hydrogens (tertiary/aromatic N) is 1. The average Bonchev–Trinajstić information content (AvgIpc) is 1.87. The van der Waals surface area contributed by atoms with Crippen LogP contribution in [0.1, 0.15) is 13.3 Å². The Labute approximate surface area is 52.2 Å². The molecule has 0 aromatic heterocycles. The quantitative estimate of drug-likeness (QED) is 0.411. The van der Waals surface area contributed by atoms with Gasteiger partial charge in [0, 0.05) is 17.5 Å². The van der Waals surface area contributed by atoms with Gasteiger partial charge in [0.15, 0.2) is 0 Å². The summed E-state index contributed by atoms with van der Waals surface area (Å²) in [5, 5.41) is 2.13. The zero-order valence-corrected chi connectivity index (χ0v) is 5.03. The normalized spacial score (nSPS) is 12.1. The topological polar surface area (TPSA) is 63.6 Å². The summed E-state index contributed by atoms with van der Waals surface area (Å²) >= 11 is 0. The lowest BCUT2D eigenvalue weighted by Gasteiger charge is -1.92. The summed E-state index contributed by atoms with van der Waals surface area (Å²) in [6.45, 7) is 1.55. The Balaban J connectivity index is 3.58. The van der Waals surface area contributed by atoms with Crippen molar-refractivity contribution < 1.29 is 9.59 Å². The molecule has 0 aromatic rings. The van der Waals surface area contributed by atoms with Gasteiger partial charge in [-0.25, -0.2) is 0 Å². The molecule has 0 aliphatic carbocycles. The van der Waals surface area contributed by atoms with Crippen molar-refractivity contribution in [1.29, 1.82) is 0 Å². The molecule has 0 unspecified atom stereocenters. The summed E-state index contributed by atoms with van der Waals surface area (Å²) in [4.78, 5) is 29.4. The zero-order valence-electron chi connectivity index (χ0n) is 5.03. The molecule has 0 spiro atoms. The van der Waals surface area contributed by atoms with E-state index in [1.54, 1.807) is 6.92 Å². The fraction of sp³-hybridized carbons (Fsp3) is 0.600. The third-order valence-electron chi connectivity index (χ3n) is 0.831. The van der Waals surface area contributed by atoms with Gasteiger partial charge in [-0.05, 0) is 0 Å². The average molecular weight is 129 g/mol. The molecule has 9 heavy (non-hydrogen) atoms. The lowest BCUT2D eigenvalue weighted by Crippen LogP contribution is -2.02. The molecule has 0 aliphatic heterocycles. The fourth-order valence-corrected chi connectivity index (χ4v) is 0.361. The second-order valence-electron chi connectivity index (χ2n) is 1.80. The van der Waals surface area contributed by atoms with Crippen molar-refractivity contribution in [1.82, 2.24) is 0 Å². The summed E-state index contributed by atoms with van der Waals surface area (Å²) in [6.07, 6.45) is 0.538. The molecule has 0 bridgehead atoms. The first-order chi connectivity index (χ1) is 4.20. The maximum atomic E-state index is 10.1. The van der Waals surface area contributed by atoms with Crippen molar-refractivity contribution in [3.05, 3.63) is 4.91 Å². The molecule has 4 nitrogen and oxygen atoms in total. The van der Waals surface area contributed by atoms with E-state index in [4.69, 9.17) is 0 Å². The van der Waals surface area contributed by atoms with E-state index in [0.29, 0.717) is 6.29 Å². The van der Waals surface area contributed by atoms with Crippen molar-refractivity contribution in [3.8, 4) is 0 Å². The molecule has 0 saturated carbocycles. The van der Waals surface area contributed by atoms with Crippen LogP contribution in [-0.4, -0.2) is 12.2 Å². The number of carbonyl (C=O) groups excluding carboxylic acids is 2. The van der Waals surface area contributed by atoms with Crippen molar-refractivity contribution in [2.24, 2.45) is 11.1 Å². The highest BCUT2D eigenvalue weighted by Gasteiger charge is 2.06. The van der Waals surface area contributed by atoms with Crippen LogP contribution in [0.5, 0.6) is 0 Å². The molecule has 0 fully saturated rings. The SMILES string of the molecule is C[C@H](C=O)CC(=O)N=O. The smallest absolute Gasteiger partial charge is 0.287 e. The second-order valence-corrected chi connectivity index (χ2v) is 1.80. The lowest BCUT2D eigenvalue weighted by molar-refractivity contribution is -0.121. The van der Waals surface area contributed by atoms with Crippen LogP contribution >= 0.6 is 0 Å². The molecule has 0 radical (unpaired) electrons. The standard InChI is InChI=1S/C5H7NO3/c1-4(3-7)2-5(8)6-9/h3-4H,2H2,1H3/t4-/m0/s1. The van der Waals surface area contributed by atoms with E-state index in [-0.39, 0.29) is 6.42 Å². The van der Waals surface area contributed by atoms with E-state index < -0.39 is 11.8 Å². The minimum absolute atomic E-state index is 0.0764. The number of carbonyl (C=O) groups is 2. The van der Waals surface area contributed by atoms with Crippen molar-refractivity contribution >= 4 is 12.2 Å². The number of hydrogen-bond donors (Lipinski definition) is 0. The molecule has 0 heterocycles. The van der Waals surface area contributed by atoms with Crippen LogP contribution in [0, 0.1) is 10.8 Å². The van der Waals surface area contributed by atoms with Crippen molar-refractivity contribution in [2.45, 2.75) is 13.3 Å². The third-order valence-corrected chi connectivity index (χ3v) is 0.831. The predicted octanol–water partition coefficient (Wildman–Crippen LogP) is 0.504. The van der Waals surface area contributed by atoms with Crippen molar-refractivity contribution in [3.63, 3.8) is 0 Å². The molecule has 1 amide bonds. The summed E-state index contributed by atoms with van der Waals surface area (Å²) in [7, 11) is 0. The van der Waals surface area contributed by atoms with Gasteiger partial charge in [0.1, 0.15) is 6.29 Å². The second kappa shape index (κ2) is 3.88. The molecular weight excluding hydrogens is 122 g/mol. The van der Waals surface area contributed by atoms with Gasteiger partial charge in [-0.15, -0.1) is 4.91 Å². The van der Waals surface area contributed by atoms with Crippen LogP contribution in [0.25, 0.3) is 0 Å². The van der Waals surface area contributed by atoms with Gasteiger partial charge in [0.05, 0.1) is 0 Å². The Morgan fingerprint density at radius 3 is 2.67 bits per heavy atom. The molecule has 4 heteroatoms. The highest BCUT2D eigenvalue weighted by atomic mass is 16.3. The molecule has 0 rings (SSSR count). The van der Waals surface area contributed by atoms with Crippen LogP contribution in [-0.2, 0) is 9.59 Å². The summed E-state index contributed by atoms with van der Waals surface area (Å²) in [5.41, 5.74) is 0. The minimum Gasteiger partial charge on any atom is -0.303 e. The molecule has 0 aromatic carbocycles. The summed E-state index contributed by atoms with van der Waals surface area (Å²) < 4.78 is 0. The molecule has 0 N–H and O–H groups in total. The largest absolute Gasteiger partial charge is 0.303 e. The highest BCUT2D eigenvalue weighted by molar-refractivity contribution is 5.79. The van der Waals surface area contributed by atoms with E-state index in [0.717, 1.165) is 0 Å². The van der Waals surface area contributed by atoms with Crippen molar-refractivity contribution in [2.75, 3.05) is 0 Å². The van der Waals surface area contributed by atoms with Crippen LogP contribution in [0.3, 0.4) is 0 Å². The lowest BCUT2D eigenvalue weighted by atomic mass is 10.1. The van der Waals surface area contributed by atoms with E-state index in [1.807, 2.05) is 0 Å². The predicted molar refractivity (Wildman–Crippen MR) is 30.6 cm³/mol. The van der Waals surface area contributed by atoms with Gasteiger partial charge in [0.2, 0.25) is 0 Å². The molecule has 0 aliphatic rings. The number of rotatable bonds is 3.